The molecule has 26 heavy (non-hydrogen) atoms. The number of nitrogens with one attached hydrogen (secondary N) is 2. The van der Waals surface area contributed by atoms with Crippen LogP contribution in [-0.2, 0) is 0 Å². The quantitative estimate of drug-likeness (QED) is 0.545. The molecule has 0 atom stereocenters. The van der Waals surface area contributed by atoms with E-state index < -0.39 is 0 Å². The summed E-state index contributed by atoms with van der Waals surface area (Å²) in [6.45, 7) is 0. The molecule has 2 N–H and O–H groups in total. The van der Waals surface area contributed by atoms with E-state index in [1.807, 2.05) is 12.1 Å². The number of benzene rings is 2. The SMILES string of the molecule is Fc1ccc(Nc2nc(Nc3cccc(Cl)c3)nc3nccnc23)cc1. The lowest BCUT2D eigenvalue weighted by Gasteiger charge is -2.11. The predicted molar refractivity (Wildman–Crippen MR) is 99.5 cm³/mol. The molecule has 4 rings (SSSR count). The number of anilines is 4. The average Bonchev–Trinajstić information content (AvgIpc) is 2.64. The standard InChI is InChI=1S/C18H12ClFN6/c19-11-2-1-3-14(10-11)24-18-25-16-15(21-8-9-22-16)17(26-18)23-13-6-4-12(20)5-7-13/h1-10H,(H2,22,23,24,25,26). The number of halogens is 2. The summed E-state index contributed by atoms with van der Waals surface area (Å²) in [5.74, 6) is 0.482. The zero-order valence-corrected chi connectivity index (χ0v) is 14.1. The Kier molecular flexibility index (Phi) is 4.28. The summed E-state index contributed by atoms with van der Waals surface area (Å²) in [5.41, 5.74) is 2.35. The molecule has 0 fully saturated rings. The first-order valence-corrected chi connectivity index (χ1v) is 8.09. The molecule has 0 saturated heterocycles. The van der Waals surface area contributed by atoms with Gasteiger partial charge in [-0.1, -0.05) is 17.7 Å². The molecule has 0 aliphatic carbocycles. The smallest absolute Gasteiger partial charge is 0.231 e. The number of fused-ring (bicyclic) bond motifs is 1. The summed E-state index contributed by atoms with van der Waals surface area (Å²) < 4.78 is 13.1. The topological polar surface area (TPSA) is 75.6 Å². The van der Waals surface area contributed by atoms with Gasteiger partial charge in [-0.15, -0.1) is 0 Å². The highest BCUT2D eigenvalue weighted by Gasteiger charge is 2.11. The maximum atomic E-state index is 13.1. The van der Waals surface area contributed by atoms with Crippen molar-refractivity contribution in [1.29, 1.82) is 0 Å². The van der Waals surface area contributed by atoms with Gasteiger partial charge in [0.05, 0.1) is 0 Å². The monoisotopic (exact) mass is 366 g/mol. The van der Waals surface area contributed by atoms with Crippen LogP contribution in [0.3, 0.4) is 0 Å². The summed E-state index contributed by atoms with van der Waals surface area (Å²) in [4.78, 5) is 17.4. The van der Waals surface area contributed by atoms with Crippen molar-refractivity contribution in [3.63, 3.8) is 0 Å². The molecule has 2 aromatic heterocycles. The van der Waals surface area contributed by atoms with Gasteiger partial charge in [0.2, 0.25) is 5.95 Å². The number of aromatic nitrogens is 4. The number of nitrogens with zero attached hydrogens (tertiary/aromatic N) is 4. The molecule has 4 aromatic rings. The van der Waals surface area contributed by atoms with Crippen LogP contribution in [0, 0.1) is 5.82 Å². The fourth-order valence-electron chi connectivity index (χ4n) is 2.37. The van der Waals surface area contributed by atoms with Gasteiger partial charge in [0, 0.05) is 28.8 Å². The summed E-state index contributed by atoms with van der Waals surface area (Å²) >= 11 is 6.01. The number of rotatable bonds is 4. The number of hydrogen-bond donors (Lipinski definition) is 2. The van der Waals surface area contributed by atoms with Crippen LogP contribution in [-0.4, -0.2) is 19.9 Å². The third kappa shape index (κ3) is 3.52. The summed E-state index contributed by atoms with van der Waals surface area (Å²) in [6.07, 6.45) is 3.12. The van der Waals surface area contributed by atoms with E-state index in [0.717, 1.165) is 5.69 Å². The van der Waals surface area contributed by atoms with Crippen LogP contribution >= 0.6 is 11.6 Å². The highest BCUT2D eigenvalue weighted by Crippen LogP contribution is 2.24. The van der Waals surface area contributed by atoms with Gasteiger partial charge in [0.15, 0.2) is 17.0 Å². The maximum absolute atomic E-state index is 13.1. The van der Waals surface area contributed by atoms with E-state index in [-0.39, 0.29) is 5.82 Å². The maximum Gasteiger partial charge on any atom is 0.231 e. The van der Waals surface area contributed by atoms with Gasteiger partial charge < -0.3 is 10.6 Å². The second kappa shape index (κ2) is 6.89. The van der Waals surface area contributed by atoms with E-state index in [9.17, 15) is 4.39 Å². The van der Waals surface area contributed by atoms with E-state index in [4.69, 9.17) is 11.6 Å². The van der Waals surface area contributed by atoms with Crippen molar-refractivity contribution in [1.82, 2.24) is 19.9 Å². The van der Waals surface area contributed by atoms with Gasteiger partial charge in [0.25, 0.3) is 0 Å². The second-order valence-electron chi connectivity index (χ2n) is 5.39. The minimum Gasteiger partial charge on any atom is -0.338 e. The summed E-state index contributed by atoms with van der Waals surface area (Å²) in [5, 5.41) is 6.82. The van der Waals surface area contributed by atoms with Crippen LogP contribution in [0.1, 0.15) is 0 Å². The Morgan fingerprint density at radius 1 is 0.846 bits per heavy atom. The molecule has 0 unspecified atom stereocenters. The molecule has 0 aliphatic heterocycles. The molecule has 0 amide bonds. The lowest BCUT2D eigenvalue weighted by atomic mass is 10.3. The summed E-state index contributed by atoms with van der Waals surface area (Å²) in [7, 11) is 0. The zero-order chi connectivity index (χ0) is 17.9. The molecule has 0 spiro atoms. The Morgan fingerprint density at radius 2 is 1.65 bits per heavy atom. The average molecular weight is 367 g/mol. The lowest BCUT2D eigenvalue weighted by Crippen LogP contribution is -2.04. The van der Waals surface area contributed by atoms with Crippen LogP contribution in [0.15, 0.2) is 60.9 Å². The van der Waals surface area contributed by atoms with Crippen molar-refractivity contribution in [2.45, 2.75) is 0 Å². The van der Waals surface area contributed by atoms with E-state index in [1.165, 1.54) is 12.1 Å². The predicted octanol–water partition coefficient (Wildman–Crippen LogP) is 4.70. The van der Waals surface area contributed by atoms with Crippen molar-refractivity contribution in [2.75, 3.05) is 10.6 Å². The zero-order valence-electron chi connectivity index (χ0n) is 13.3. The van der Waals surface area contributed by atoms with E-state index in [2.05, 4.69) is 30.6 Å². The molecule has 0 radical (unpaired) electrons. The molecule has 0 aliphatic rings. The minimum absolute atomic E-state index is 0.314. The van der Waals surface area contributed by atoms with Crippen LogP contribution in [0.2, 0.25) is 5.02 Å². The summed E-state index contributed by atoms with van der Waals surface area (Å²) in [6, 6.07) is 13.2. The lowest BCUT2D eigenvalue weighted by molar-refractivity contribution is 0.628. The van der Waals surface area contributed by atoms with E-state index in [1.54, 1.807) is 36.7 Å². The number of hydrogen-bond acceptors (Lipinski definition) is 6. The Morgan fingerprint density at radius 3 is 2.46 bits per heavy atom. The Hall–Kier alpha value is -3.32. The fourth-order valence-corrected chi connectivity index (χ4v) is 2.56. The first-order valence-electron chi connectivity index (χ1n) is 7.71. The van der Waals surface area contributed by atoms with Crippen molar-refractivity contribution >= 4 is 45.9 Å². The minimum atomic E-state index is -0.314. The molecule has 8 heteroatoms. The third-order valence-corrected chi connectivity index (χ3v) is 3.76. The molecular formula is C18H12ClFN6. The van der Waals surface area contributed by atoms with Crippen LogP contribution in [0.25, 0.3) is 11.2 Å². The second-order valence-corrected chi connectivity index (χ2v) is 5.83. The van der Waals surface area contributed by atoms with Crippen LogP contribution < -0.4 is 10.6 Å². The van der Waals surface area contributed by atoms with Crippen molar-refractivity contribution in [2.24, 2.45) is 0 Å². The van der Waals surface area contributed by atoms with Crippen molar-refractivity contribution in [3.05, 3.63) is 71.8 Å². The van der Waals surface area contributed by atoms with Gasteiger partial charge in [-0.3, -0.25) is 0 Å². The van der Waals surface area contributed by atoms with Crippen molar-refractivity contribution < 1.29 is 4.39 Å². The molecule has 128 valence electrons. The van der Waals surface area contributed by atoms with Gasteiger partial charge >= 0.3 is 0 Å². The molecule has 2 heterocycles. The van der Waals surface area contributed by atoms with Gasteiger partial charge in [-0.05, 0) is 42.5 Å². The Bertz CT molecular complexity index is 1070. The van der Waals surface area contributed by atoms with E-state index in [0.29, 0.717) is 33.6 Å². The molecule has 0 bridgehead atoms. The van der Waals surface area contributed by atoms with Gasteiger partial charge in [0.1, 0.15) is 5.82 Å². The fraction of sp³-hybridized carbons (Fsp3) is 0. The highest BCUT2D eigenvalue weighted by molar-refractivity contribution is 6.30. The Labute approximate surface area is 153 Å². The van der Waals surface area contributed by atoms with E-state index >= 15 is 0 Å². The van der Waals surface area contributed by atoms with Gasteiger partial charge in [-0.2, -0.15) is 9.97 Å². The largest absolute Gasteiger partial charge is 0.338 e. The van der Waals surface area contributed by atoms with Crippen molar-refractivity contribution in [3.8, 4) is 0 Å². The Balaban J connectivity index is 1.74. The molecule has 0 saturated carbocycles. The first kappa shape index (κ1) is 16.2. The third-order valence-electron chi connectivity index (χ3n) is 3.52. The molecular weight excluding hydrogens is 355 g/mol. The van der Waals surface area contributed by atoms with Crippen LogP contribution in [0.4, 0.5) is 27.5 Å². The first-order chi connectivity index (χ1) is 12.7. The molecule has 6 nitrogen and oxygen atoms in total. The van der Waals surface area contributed by atoms with Gasteiger partial charge in [-0.25, -0.2) is 14.4 Å². The highest BCUT2D eigenvalue weighted by atomic mass is 35.5. The molecule has 2 aromatic carbocycles. The normalized spacial score (nSPS) is 10.7. The van der Waals surface area contributed by atoms with Crippen LogP contribution in [0.5, 0.6) is 0 Å².